The summed E-state index contributed by atoms with van der Waals surface area (Å²) in [6, 6.07) is 18.6. The van der Waals surface area contributed by atoms with Crippen LogP contribution in [0.1, 0.15) is 73.1 Å². The van der Waals surface area contributed by atoms with E-state index in [0.717, 1.165) is 38.5 Å². The normalized spacial score (nSPS) is 11.6. The van der Waals surface area contributed by atoms with Gasteiger partial charge in [-0.25, -0.2) is 9.98 Å². The van der Waals surface area contributed by atoms with Crippen molar-refractivity contribution in [2.75, 3.05) is 26.3 Å². The molecule has 2 N–H and O–H groups in total. The van der Waals surface area contributed by atoms with E-state index in [0.29, 0.717) is 37.4 Å². The molecule has 2 aromatic carbocycles. The summed E-state index contributed by atoms with van der Waals surface area (Å²) >= 11 is 0. The molecule has 0 heterocycles. The van der Waals surface area contributed by atoms with Gasteiger partial charge in [-0.05, 0) is 51.0 Å². The molecular formula is C28H38N4O4. The van der Waals surface area contributed by atoms with Crippen LogP contribution in [0, 0.1) is 0 Å². The molecule has 2 rings (SSSR count). The quantitative estimate of drug-likeness (QED) is 0.233. The molecule has 2 aromatic rings. The Morgan fingerprint density at radius 2 is 0.972 bits per heavy atom. The third-order valence-electron chi connectivity index (χ3n) is 5.15. The fourth-order valence-electron chi connectivity index (χ4n) is 3.33. The standard InChI is InChI=1S/C28H38N4O4/c1-3-35-27(31-25(33)23-17-11-9-12-18-23)29-21-15-7-5-6-8-16-22-30-28(36-4-2)32-26(34)24-19-13-10-14-20-24/h9-14,17-20H,3-8,15-16,21-22H2,1-2H3,(H,29,31,33)(H,30,32,34). The highest BCUT2D eigenvalue weighted by atomic mass is 16.5. The van der Waals surface area contributed by atoms with Crippen molar-refractivity contribution in [2.24, 2.45) is 9.98 Å². The summed E-state index contributed by atoms with van der Waals surface area (Å²) in [5, 5.41) is 5.48. The summed E-state index contributed by atoms with van der Waals surface area (Å²) in [6.07, 6.45) is 6.16. The fraction of sp³-hybridized carbons (Fsp3) is 0.429. The predicted octanol–water partition coefficient (Wildman–Crippen LogP) is 4.97. The van der Waals surface area contributed by atoms with E-state index in [1.165, 1.54) is 0 Å². The maximum absolute atomic E-state index is 12.3. The van der Waals surface area contributed by atoms with Crippen LogP contribution in [0.5, 0.6) is 0 Å². The zero-order chi connectivity index (χ0) is 25.8. The molecule has 36 heavy (non-hydrogen) atoms. The van der Waals surface area contributed by atoms with Crippen molar-refractivity contribution in [3.8, 4) is 0 Å². The number of nitrogens with zero attached hydrogens (tertiary/aromatic N) is 2. The number of rotatable bonds is 13. The van der Waals surface area contributed by atoms with E-state index in [-0.39, 0.29) is 23.9 Å². The third kappa shape index (κ3) is 11.6. The highest BCUT2D eigenvalue weighted by Gasteiger charge is 2.10. The molecule has 0 saturated heterocycles. The first-order valence-electron chi connectivity index (χ1n) is 12.7. The average Bonchev–Trinajstić information content (AvgIpc) is 2.90. The summed E-state index contributed by atoms with van der Waals surface area (Å²) in [6.45, 7) is 5.82. The number of amides is 2. The van der Waals surface area contributed by atoms with Gasteiger partial charge in [-0.1, -0.05) is 62.1 Å². The van der Waals surface area contributed by atoms with Crippen molar-refractivity contribution in [3.05, 3.63) is 71.8 Å². The Balaban J connectivity index is 1.61. The van der Waals surface area contributed by atoms with Gasteiger partial charge in [0, 0.05) is 24.2 Å². The maximum atomic E-state index is 12.3. The Morgan fingerprint density at radius 1 is 0.611 bits per heavy atom. The summed E-state index contributed by atoms with van der Waals surface area (Å²) in [7, 11) is 0. The predicted molar refractivity (Wildman–Crippen MR) is 143 cm³/mol. The van der Waals surface area contributed by atoms with Crippen LogP contribution in [-0.2, 0) is 9.47 Å². The van der Waals surface area contributed by atoms with Gasteiger partial charge in [0.15, 0.2) is 0 Å². The Kier molecular flexibility index (Phi) is 14.0. The smallest absolute Gasteiger partial charge is 0.291 e. The lowest BCUT2D eigenvalue weighted by Crippen LogP contribution is -2.32. The summed E-state index contributed by atoms with van der Waals surface area (Å²) in [5.74, 6) is -0.449. The number of ether oxygens (including phenoxy) is 2. The second-order valence-electron chi connectivity index (χ2n) is 8.00. The SMILES string of the molecule is CCOC(=NCCCCCCCCN=C(NC(=O)c1ccccc1)OCC)NC(=O)c1ccccc1. The van der Waals surface area contributed by atoms with E-state index in [2.05, 4.69) is 20.6 Å². The number of hydrogen-bond donors (Lipinski definition) is 2. The van der Waals surface area contributed by atoms with E-state index < -0.39 is 0 Å². The van der Waals surface area contributed by atoms with Crippen molar-refractivity contribution >= 4 is 23.9 Å². The van der Waals surface area contributed by atoms with E-state index in [1.807, 2.05) is 50.2 Å². The average molecular weight is 495 g/mol. The minimum Gasteiger partial charge on any atom is -0.465 e. The molecule has 0 aromatic heterocycles. The maximum Gasteiger partial charge on any atom is 0.291 e. The Hall–Kier alpha value is -3.68. The monoisotopic (exact) mass is 494 g/mol. The van der Waals surface area contributed by atoms with E-state index in [1.54, 1.807) is 24.3 Å². The molecule has 8 nitrogen and oxygen atoms in total. The highest BCUT2D eigenvalue weighted by Crippen LogP contribution is 2.06. The Morgan fingerprint density at radius 3 is 1.33 bits per heavy atom. The Labute approximate surface area is 214 Å². The number of carbonyl (C=O) groups excluding carboxylic acids is 2. The molecule has 0 bridgehead atoms. The van der Waals surface area contributed by atoms with Gasteiger partial charge in [0.2, 0.25) is 0 Å². The molecule has 0 aliphatic carbocycles. The van der Waals surface area contributed by atoms with Gasteiger partial charge in [0.25, 0.3) is 23.9 Å². The van der Waals surface area contributed by atoms with Crippen LogP contribution in [-0.4, -0.2) is 50.2 Å². The fourth-order valence-corrected chi connectivity index (χ4v) is 3.33. The third-order valence-corrected chi connectivity index (χ3v) is 5.15. The van der Waals surface area contributed by atoms with E-state index >= 15 is 0 Å². The van der Waals surface area contributed by atoms with Crippen LogP contribution in [0.4, 0.5) is 0 Å². The van der Waals surface area contributed by atoms with Gasteiger partial charge < -0.3 is 9.47 Å². The lowest BCUT2D eigenvalue weighted by molar-refractivity contribution is 0.0957. The number of nitrogens with one attached hydrogen (secondary N) is 2. The number of benzene rings is 2. The van der Waals surface area contributed by atoms with Gasteiger partial charge in [0.1, 0.15) is 0 Å². The molecular weight excluding hydrogens is 456 g/mol. The first-order chi connectivity index (χ1) is 17.6. The minimum absolute atomic E-state index is 0.224. The van der Waals surface area contributed by atoms with Gasteiger partial charge in [0.05, 0.1) is 13.2 Å². The molecule has 0 saturated carbocycles. The van der Waals surface area contributed by atoms with Gasteiger partial charge >= 0.3 is 0 Å². The topological polar surface area (TPSA) is 101 Å². The second kappa shape index (κ2) is 17.7. The first kappa shape index (κ1) is 28.6. The second-order valence-corrected chi connectivity index (χ2v) is 8.00. The number of carbonyl (C=O) groups is 2. The van der Waals surface area contributed by atoms with Crippen molar-refractivity contribution in [1.82, 2.24) is 10.6 Å². The van der Waals surface area contributed by atoms with Crippen molar-refractivity contribution in [3.63, 3.8) is 0 Å². The molecule has 0 unspecified atom stereocenters. The van der Waals surface area contributed by atoms with E-state index in [9.17, 15) is 9.59 Å². The molecule has 0 atom stereocenters. The summed E-state index contributed by atoms with van der Waals surface area (Å²) < 4.78 is 10.9. The minimum atomic E-state index is -0.224. The largest absolute Gasteiger partial charge is 0.465 e. The van der Waals surface area contributed by atoms with E-state index in [4.69, 9.17) is 9.47 Å². The van der Waals surface area contributed by atoms with Gasteiger partial charge in [-0.15, -0.1) is 0 Å². The number of unbranched alkanes of at least 4 members (excludes halogenated alkanes) is 5. The molecule has 0 aliphatic heterocycles. The molecule has 0 fully saturated rings. The molecule has 0 radical (unpaired) electrons. The highest BCUT2D eigenvalue weighted by molar-refractivity contribution is 6.04. The van der Waals surface area contributed by atoms with Gasteiger partial charge in [-0.2, -0.15) is 0 Å². The van der Waals surface area contributed by atoms with Crippen molar-refractivity contribution < 1.29 is 19.1 Å². The lowest BCUT2D eigenvalue weighted by Gasteiger charge is -2.09. The Bertz CT molecular complexity index is 883. The number of hydrogen-bond acceptors (Lipinski definition) is 6. The van der Waals surface area contributed by atoms with Crippen LogP contribution in [0.2, 0.25) is 0 Å². The van der Waals surface area contributed by atoms with Gasteiger partial charge in [-0.3, -0.25) is 20.2 Å². The van der Waals surface area contributed by atoms with Crippen LogP contribution in [0.25, 0.3) is 0 Å². The molecule has 8 heteroatoms. The molecule has 0 spiro atoms. The van der Waals surface area contributed by atoms with Crippen LogP contribution < -0.4 is 10.6 Å². The van der Waals surface area contributed by atoms with Crippen molar-refractivity contribution in [2.45, 2.75) is 52.4 Å². The number of aliphatic imine (C=N–C) groups is 2. The zero-order valence-corrected chi connectivity index (χ0v) is 21.4. The van der Waals surface area contributed by atoms with Crippen LogP contribution >= 0.6 is 0 Å². The van der Waals surface area contributed by atoms with Crippen molar-refractivity contribution in [1.29, 1.82) is 0 Å². The molecule has 0 aliphatic rings. The zero-order valence-electron chi connectivity index (χ0n) is 21.4. The molecule has 194 valence electrons. The van der Waals surface area contributed by atoms with Crippen LogP contribution in [0.3, 0.4) is 0 Å². The first-order valence-corrected chi connectivity index (χ1v) is 12.7. The number of amidine groups is 2. The summed E-state index contributed by atoms with van der Waals surface area (Å²) in [5.41, 5.74) is 1.14. The van der Waals surface area contributed by atoms with Crippen LogP contribution in [0.15, 0.2) is 70.6 Å². The summed E-state index contributed by atoms with van der Waals surface area (Å²) in [4.78, 5) is 33.4. The lowest BCUT2D eigenvalue weighted by atomic mass is 10.1. The molecule has 2 amide bonds.